The van der Waals surface area contributed by atoms with E-state index in [-0.39, 0.29) is 0 Å². The van der Waals surface area contributed by atoms with E-state index in [0.29, 0.717) is 5.57 Å². The molecule has 7 aromatic rings. The van der Waals surface area contributed by atoms with E-state index < -0.39 is 0 Å². The molecule has 53 heavy (non-hydrogen) atoms. The van der Waals surface area contributed by atoms with Crippen molar-refractivity contribution in [3.05, 3.63) is 199 Å². The summed E-state index contributed by atoms with van der Waals surface area (Å²) in [5.41, 5.74) is 16.0. The molecule has 0 aromatic heterocycles. The van der Waals surface area contributed by atoms with Crippen molar-refractivity contribution < 1.29 is 9.53 Å². The number of carbonyl (C=O) groups excluding carboxylic acids is 1. The molecule has 7 rings (SSSR count). The number of allylic oxidation sites excluding steroid dienone is 3. The lowest BCUT2D eigenvalue weighted by Gasteiger charge is -2.12. The van der Waals surface area contributed by atoms with Crippen molar-refractivity contribution in [2.45, 2.75) is 6.92 Å². The third kappa shape index (κ3) is 7.96. The molecule has 0 radical (unpaired) electrons. The second kappa shape index (κ2) is 16.1. The molecule has 3 nitrogen and oxygen atoms in total. The average Bonchev–Trinajstić information content (AvgIpc) is 3.23. The summed E-state index contributed by atoms with van der Waals surface area (Å²) in [6.45, 7) is 2.08. The number of ether oxygens (including phenoxy) is 1. The highest BCUT2D eigenvalue weighted by atomic mass is 16.5. The Balaban J connectivity index is 1.04. The Morgan fingerprint density at radius 3 is 1.42 bits per heavy atom. The molecule has 0 aliphatic heterocycles. The highest BCUT2D eigenvalue weighted by molar-refractivity contribution is 6.07. The minimum absolute atomic E-state index is 0.600. The van der Waals surface area contributed by atoms with Gasteiger partial charge in [-0.15, -0.1) is 0 Å². The lowest BCUT2D eigenvalue weighted by Crippen LogP contribution is -2.04. The maximum atomic E-state index is 12.2. The topological polar surface area (TPSA) is 38.3 Å². The fourth-order valence-electron chi connectivity index (χ4n) is 6.58. The molecule has 7 aromatic carbocycles. The Morgan fingerprint density at radius 2 is 0.925 bits per heavy atom. The minimum atomic E-state index is 0.600. The van der Waals surface area contributed by atoms with Crippen LogP contribution in [0.15, 0.2) is 182 Å². The van der Waals surface area contributed by atoms with Gasteiger partial charge in [0.25, 0.3) is 0 Å². The summed E-state index contributed by atoms with van der Waals surface area (Å²) in [6.07, 6.45) is 4.73. The van der Waals surface area contributed by atoms with Gasteiger partial charge in [0.05, 0.1) is 7.11 Å². The third-order valence-corrected chi connectivity index (χ3v) is 9.68. The molecule has 258 valence electrons. The van der Waals surface area contributed by atoms with Crippen molar-refractivity contribution in [2.75, 3.05) is 14.2 Å². The zero-order chi connectivity index (χ0) is 36.6. The van der Waals surface area contributed by atoms with E-state index >= 15 is 0 Å². The summed E-state index contributed by atoms with van der Waals surface area (Å²) in [5.74, 6) is 0.820. The number of aldehydes is 1. The Labute approximate surface area is 312 Å². The maximum Gasteiger partial charge on any atom is 0.150 e. The molecule has 0 heterocycles. The number of carbonyl (C=O) groups is 1. The quantitative estimate of drug-likeness (QED) is 0.0836. The van der Waals surface area contributed by atoms with E-state index in [2.05, 4.69) is 152 Å². The van der Waals surface area contributed by atoms with Crippen molar-refractivity contribution in [3.63, 3.8) is 0 Å². The van der Waals surface area contributed by atoms with Crippen LogP contribution < -0.4 is 10.1 Å². The maximum absolute atomic E-state index is 12.2. The zero-order valence-electron chi connectivity index (χ0n) is 30.2. The van der Waals surface area contributed by atoms with E-state index in [1.807, 2.05) is 49.5 Å². The van der Waals surface area contributed by atoms with Gasteiger partial charge in [0.2, 0.25) is 0 Å². The Morgan fingerprint density at radius 1 is 0.491 bits per heavy atom. The van der Waals surface area contributed by atoms with Gasteiger partial charge in [-0.1, -0.05) is 169 Å². The van der Waals surface area contributed by atoms with Gasteiger partial charge in [0, 0.05) is 23.9 Å². The first kappa shape index (κ1) is 34.7. The first-order chi connectivity index (χ1) is 26.0. The van der Waals surface area contributed by atoms with Crippen LogP contribution in [0, 0.1) is 6.92 Å². The van der Waals surface area contributed by atoms with E-state index in [1.165, 1.54) is 27.8 Å². The number of rotatable bonds is 11. The SMILES string of the molecule is CN/C(=C\C=C(/C=O)c1ccc(-c2ccc(-c3ccc(C)cc3)c(OC)c2)cc1)c1ccc(-c2ccc(-c3ccc(-c4ccccc4)cc3)cc2)cc1. The van der Waals surface area contributed by atoms with E-state index in [9.17, 15) is 4.79 Å². The van der Waals surface area contributed by atoms with Crippen molar-refractivity contribution in [3.8, 4) is 61.4 Å². The number of nitrogens with one attached hydrogen (secondary N) is 1. The molecule has 3 heteroatoms. The van der Waals surface area contributed by atoms with Crippen molar-refractivity contribution in [1.29, 1.82) is 0 Å². The molecule has 0 atom stereocenters. The number of hydrogen-bond acceptors (Lipinski definition) is 3. The Hall–Kier alpha value is -6.71. The zero-order valence-corrected chi connectivity index (χ0v) is 30.2. The van der Waals surface area contributed by atoms with E-state index in [1.54, 1.807) is 7.11 Å². The fourth-order valence-corrected chi connectivity index (χ4v) is 6.58. The highest BCUT2D eigenvalue weighted by Gasteiger charge is 2.10. The standard InChI is InChI=1S/C50H41NO2/c1-35-9-11-44(12-10-35)48-31-29-46(33-50(48)53-3)42-21-23-43(24-22-42)47(34-52)30-32-49(51-2)45-27-25-41(26-28-45)40-19-17-39(18-20-40)38-15-13-37(14-16-38)36-7-5-4-6-8-36/h4-34,51H,1-3H3/b47-30+,49-32-. The van der Waals surface area contributed by atoms with Crippen LogP contribution >= 0.6 is 0 Å². The summed E-state index contributed by atoms with van der Waals surface area (Å²) >= 11 is 0. The summed E-state index contributed by atoms with van der Waals surface area (Å²) in [7, 11) is 3.60. The smallest absolute Gasteiger partial charge is 0.150 e. The first-order valence-corrected chi connectivity index (χ1v) is 17.8. The van der Waals surface area contributed by atoms with Gasteiger partial charge >= 0.3 is 0 Å². The van der Waals surface area contributed by atoms with Crippen molar-refractivity contribution in [2.24, 2.45) is 0 Å². The Bertz CT molecular complexity index is 2370. The van der Waals surface area contributed by atoms with Crippen LogP contribution in [0.5, 0.6) is 5.75 Å². The second-order valence-corrected chi connectivity index (χ2v) is 13.0. The molecule has 0 saturated heterocycles. The van der Waals surface area contributed by atoms with Crippen LogP contribution in [-0.4, -0.2) is 20.4 Å². The van der Waals surface area contributed by atoms with Gasteiger partial charge in [0.1, 0.15) is 5.75 Å². The van der Waals surface area contributed by atoms with E-state index in [0.717, 1.165) is 62.2 Å². The second-order valence-electron chi connectivity index (χ2n) is 13.0. The average molecular weight is 688 g/mol. The van der Waals surface area contributed by atoms with Crippen LogP contribution in [0.3, 0.4) is 0 Å². The molecule has 0 aliphatic carbocycles. The predicted octanol–water partition coefficient (Wildman–Crippen LogP) is 12.2. The van der Waals surface area contributed by atoms with Crippen LogP contribution in [-0.2, 0) is 4.79 Å². The van der Waals surface area contributed by atoms with Gasteiger partial charge in [-0.2, -0.15) is 0 Å². The molecule has 0 bridgehead atoms. The number of methoxy groups -OCH3 is 1. The third-order valence-electron chi connectivity index (χ3n) is 9.68. The van der Waals surface area contributed by atoms with Gasteiger partial charge in [-0.25, -0.2) is 0 Å². The van der Waals surface area contributed by atoms with Gasteiger partial charge in [0.15, 0.2) is 6.29 Å². The lowest BCUT2D eigenvalue weighted by atomic mass is 9.97. The number of hydrogen-bond donors (Lipinski definition) is 1. The largest absolute Gasteiger partial charge is 0.496 e. The molecule has 0 amide bonds. The van der Waals surface area contributed by atoms with Crippen LogP contribution in [0.25, 0.3) is 66.9 Å². The summed E-state index contributed by atoms with van der Waals surface area (Å²) in [4.78, 5) is 12.2. The predicted molar refractivity (Wildman–Crippen MR) is 222 cm³/mol. The minimum Gasteiger partial charge on any atom is -0.496 e. The Kier molecular flexibility index (Phi) is 10.5. The summed E-state index contributed by atoms with van der Waals surface area (Å²) in [5, 5.41) is 3.30. The summed E-state index contributed by atoms with van der Waals surface area (Å²) < 4.78 is 5.77. The monoisotopic (exact) mass is 687 g/mol. The summed E-state index contributed by atoms with van der Waals surface area (Å²) in [6, 6.07) is 59.1. The van der Waals surface area contributed by atoms with Crippen LogP contribution in [0.2, 0.25) is 0 Å². The lowest BCUT2D eigenvalue weighted by molar-refractivity contribution is -0.103. The number of benzene rings is 7. The van der Waals surface area contributed by atoms with Crippen LogP contribution in [0.1, 0.15) is 16.7 Å². The molecule has 1 N–H and O–H groups in total. The molecule has 0 spiro atoms. The highest BCUT2D eigenvalue weighted by Crippen LogP contribution is 2.35. The van der Waals surface area contributed by atoms with Crippen molar-refractivity contribution >= 4 is 17.6 Å². The first-order valence-electron chi connectivity index (χ1n) is 17.8. The normalized spacial score (nSPS) is 11.6. The van der Waals surface area contributed by atoms with Gasteiger partial charge < -0.3 is 10.1 Å². The van der Waals surface area contributed by atoms with Crippen molar-refractivity contribution in [1.82, 2.24) is 5.32 Å². The molecular weight excluding hydrogens is 647 g/mol. The molecule has 0 aliphatic rings. The molecule has 0 fully saturated rings. The van der Waals surface area contributed by atoms with E-state index in [4.69, 9.17) is 4.74 Å². The fraction of sp³-hybridized carbons (Fsp3) is 0.0600. The van der Waals surface area contributed by atoms with Gasteiger partial charge in [-0.3, -0.25) is 4.79 Å². The number of aryl methyl sites for hydroxylation is 1. The van der Waals surface area contributed by atoms with Crippen LogP contribution in [0.4, 0.5) is 0 Å². The molecule has 0 saturated carbocycles. The van der Waals surface area contributed by atoms with Gasteiger partial charge in [-0.05, 0) is 86.3 Å². The molecule has 0 unspecified atom stereocenters. The molecular formula is C50H41NO2.